The lowest BCUT2D eigenvalue weighted by Crippen LogP contribution is -2.45. The highest BCUT2D eigenvalue weighted by molar-refractivity contribution is 9.10. The molecule has 0 saturated carbocycles. The van der Waals surface area contributed by atoms with Crippen LogP contribution in [0.4, 0.5) is 5.69 Å². The summed E-state index contributed by atoms with van der Waals surface area (Å²) in [5.74, 6) is 0.636. The van der Waals surface area contributed by atoms with Crippen molar-refractivity contribution in [2.75, 3.05) is 25.1 Å². The fraction of sp³-hybridized carbons (Fsp3) is 0.625. The Bertz CT molecular complexity index is 432. The topological polar surface area (TPSA) is 35.5 Å². The maximum atomic E-state index is 9.55. The molecule has 0 aromatic heterocycles. The molecule has 4 heteroatoms. The van der Waals surface area contributed by atoms with Crippen molar-refractivity contribution in [1.82, 2.24) is 5.32 Å². The van der Waals surface area contributed by atoms with Crippen LogP contribution >= 0.6 is 15.9 Å². The van der Waals surface area contributed by atoms with Gasteiger partial charge in [-0.1, -0.05) is 29.8 Å². The normalized spacial score (nSPS) is 12.0. The van der Waals surface area contributed by atoms with Crippen molar-refractivity contribution in [1.29, 1.82) is 0 Å². The van der Waals surface area contributed by atoms with Gasteiger partial charge in [0.1, 0.15) is 0 Å². The Morgan fingerprint density at radius 1 is 1.35 bits per heavy atom. The van der Waals surface area contributed by atoms with Crippen molar-refractivity contribution >= 4 is 21.6 Å². The molecule has 2 N–H and O–H groups in total. The van der Waals surface area contributed by atoms with E-state index in [-0.39, 0.29) is 12.1 Å². The van der Waals surface area contributed by atoms with E-state index in [2.05, 4.69) is 52.1 Å². The molecule has 0 heterocycles. The summed E-state index contributed by atoms with van der Waals surface area (Å²) < 4.78 is 1.08. The molecule has 20 heavy (non-hydrogen) atoms. The van der Waals surface area contributed by atoms with Gasteiger partial charge in [0, 0.05) is 23.8 Å². The van der Waals surface area contributed by atoms with Gasteiger partial charge in [0.2, 0.25) is 0 Å². The van der Waals surface area contributed by atoms with Gasteiger partial charge < -0.3 is 15.3 Å². The molecule has 0 aliphatic heterocycles. The van der Waals surface area contributed by atoms with Crippen LogP contribution < -0.4 is 10.2 Å². The monoisotopic (exact) mass is 342 g/mol. The Morgan fingerprint density at radius 2 is 2.00 bits per heavy atom. The van der Waals surface area contributed by atoms with Crippen molar-refractivity contribution in [2.45, 2.75) is 39.8 Å². The first-order valence-electron chi connectivity index (χ1n) is 7.11. The number of aliphatic hydroxyl groups is 1. The first-order chi connectivity index (χ1) is 9.27. The van der Waals surface area contributed by atoms with Crippen molar-refractivity contribution in [3.8, 4) is 0 Å². The highest BCUT2D eigenvalue weighted by Gasteiger charge is 2.24. The number of halogens is 1. The van der Waals surface area contributed by atoms with Crippen LogP contribution in [-0.2, 0) is 6.54 Å². The predicted molar refractivity (Wildman–Crippen MR) is 90.3 cm³/mol. The zero-order valence-electron chi connectivity index (χ0n) is 13.2. The van der Waals surface area contributed by atoms with Crippen LogP contribution in [0.5, 0.6) is 0 Å². The van der Waals surface area contributed by atoms with Gasteiger partial charge in [-0.25, -0.2) is 0 Å². The number of likely N-dealkylation sites (N-methyl/N-ethyl adjacent to an activating group) is 1. The van der Waals surface area contributed by atoms with Gasteiger partial charge in [0.15, 0.2) is 0 Å². The molecule has 0 unspecified atom stereocenters. The number of aliphatic hydroxyl groups excluding tert-OH is 1. The molecule has 1 aromatic rings. The predicted octanol–water partition coefficient (Wildman–Crippen LogP) is 3.40. The van der Waals surface area contributed by atoms with Gasteiger partial charge >= 0.3 is 0 Å². The lowest BCUT2D eigenvalue weighted by Gasteiger charge is -2.37. The second-order valence-electron chi connectivity index (χ2n) is 6.33. The maximum Gasteiger partial charge on any atom is 0.0658 e. The second kappa shape index (κ2) is 7.43. The van der Waals surface area contributed by atoms with Crippen LogP contribution in [0.3, 0.4) is 0 Å². The van der Waals surface area contributed by atoms with E-state index in [1.807, 2.05) is 27.0 Å². The van der Waals surface area contributed by atoms with Crippen LogP contribution in [0, 0.1) is 5.92 Å². The number of nitrogens with zero attached hydrogens (tertiary/aromatic N) is 1. The van der Waals surface area contributed by atoms with E-state index in [1.54, 1.807) is 0 Å². The fourth-order valence-corrected chi connectivity index (χ4v) is 2.36. The van der Waals surface area contributed by atoms with Gasteiger partial charge in [-0.2, -0.15) is 0 Å². The molecule has 0 atom stereocenters. The second-order valence-corrected chi connectivity index (χ2v) is 7.24. The molecule has 0 saturated heterocycles. The molecule has 0 fully saturated rings. The lowest BCUT2D eigenvalue weighted by atomic mass is 10.0. The van der Waals surface area contributed by atoms with Crippen LogP contribution in [0.1, 0.15) is 33.3 Å². The van der Waals surface area contributed by atoms with Gasteiger partial charge in [-0.3, -0.25) is 0 Å². The maximum absolute atomic E-state index is 9.55. The van der Waals surface area contributed by atoms with Gasteiger partial charge in [-0.15, -0.1) is 0 Å². The van der Waals surface area contributed by atoms with E-state index in [4.69, 9.17) is 0 Å². The molecule has 0 bridgehead atoms. The molecule has 3 nitrogen and oxygen atoms in total. The Labute approximate surface area is 131 Å². The van der Waals surface area contributed by atoms with Gasteiger partial charge in [0.05, 0.1) is 12.1 Å². The largest absolute Gasteiger partial charge is 0.394 e. The smallest absolute Gasteiger partial charge is 0.0658 e. The third kappa shape index (κ3) is 4.76. The third-order valence-corrected chi connectivity index (χ3v) is 4.06. The number of hydrogen-bond acceptors (Lipinski definition) is 3. The van der Waals surface area contributed by atoms with Crippen molar-refractivity contribution in [3.05, 3.63) is 28.2 Å². The molecule has 0 spiro atoms. The minimum atomic E-state index is -0.277. The van der Waals surface area contributed by atoms with E-state index in [0.29, 0.717) is 5.92 Å². The summed E-state index contributed by atoms with van der Waals surface area (Å²) in [6, 6.07) is 6.30. The average Bonchev–Trinajstić information content (AvgIpc) is 2.37. The number of hydrogen-bond donors (Lipinski definition) is 2. The first-order valence-corrected chi connectivity index (χ1v) is 7.91. The quantitative estimate of drug-likeness (QED) is 0.797. The standard InChI is InChI=1S/C16H27BrN2O/c1-12(2)9-18-10-13-8-14(17)6-7-15(13)19(5)16(3,4)11-20/h6-8,12,18,20H,9-11H2,1-5H3. The zero-order valence-corrected chi connectivity index (χ0v) is 14.8. The number of nitrogens with one attached hydrogen (secondary N) is 1. The van der Waals surface area contributed by atoms with Gasteiger partial charge in [0.25, 0.3) is 0 Å². The summed E-state index contributed by atoms with van der Waals surface area (Å²) >= 11 is 3.54. The van der Waals surface area contributed by atoms with Crippen LogP contribution in [0.25, 0.3) is 0 Å². The Kier molecular flexibility index (Phi) is 6.49. The minimum Gasteiger partial charge on any atom is -0.394 e. The third-order valence-electron chi connectivity index (χ3n) is 3.57. The average molecular weight is 343 g/mol. The van der Waals surface area contributed by atoms with E-state index >= 15 is 0 Å². The van der Waals surface area contributed by atoms with Crippen molar-refractivity contribution < 1.29 is 5.11 Å². The number of anilines is 1. The zero-order chi connectivity index (χ0) is 15.3. The summed E-state index contributed by atoms with van der Waals surface area (Å²) in [5.41, 5.74) is 2.12. The summed E-state index contributed by atoms with van der Waals surface area (Å²) in [6.45, 7) is 10.4. The van der Waals surface area contributed by atoms with Crippen LogP contribution in [0.2, 0.25) is 0 Å². The summed E-state index contributed by atoms with van der Waals surface area (Å²) in [5, 5.41) is 13.0. The molecule has 1 aromatic carbocycles. The van der Waals surface area contributed by atoms with Gasteiger partial charge in [-0.05, 0) is 50.1 Å². The minimum absolute atomic E-state index is 0.123. The van der Waals surface area contributed by atoms with E-state index < -0.39 is 0 Å². The molecular formula is C16H27BrN2O. The Hall–Kier alpha value is -0.580. The van der Waals surface area contributed by atoms with Crippen LogP contribution in [-0.4, -0.2) is 30.8 Å². The SMILES string of the molecule is CC(C)CNCc1cc(Br)ccc1N(C)C(C)(C)CO. The molecule has 0 aliphatic rings. The van der Waals surface area contributed by atoms with Crippen molar-refractivity contribution in [3.63, 3.8) is 0 Å². The van der Waals surface area contributed by atoms with E-state index in [0.717, 1.165) is 23.2 Å². The summed E-state index contributed by atoms with van der Waals surface area (Å²) in [4.78, 5) is 2.14. The molecule has 0 amide bonds. The van der Waals surface area contributed by atoms with E-state index in [9.17, 15) is 5.11 Å². The highest BCUT2D eigenvalue weighted by Crippen LogP contribution is 2.28. The van der Waals surface area contributed by atoms with E-state index in [1.165, 1.54) is 5.56 Å². The summed E-state index contributed by atoms with van der Waals surface area (Å²) in [6.07, 6.45) is 0. The Morgan fingerprint density at radius 3 is 2.55 bits per heavy atom. The number of rotatable bonds is 7. The fourth-order valence-electron chi connectivity index (χ4n) is 1.95. The number of benzene rings is 1. The lowest BCUT2D eigenvalue weighted by molar-refractivity contribution is 0.216. The highest BCUT2D eigenvalue weighted by atomic mass is 79.9. The Balaban J connectivity index is 2.95. The first kappa shape index (κ1) is 17.5. The van der Waals surface area contributed by atoms with Crippen LogP contribution in [0.15, 0.2) is 22.7 Å². The van der Waals surface area contributed by atoms with Crippen molar-refractivity contribution in [2.24, 2.45) is 5.92 Å². The molecule has 0 radical (unpaired) electrons. The molecule has 114 valence electrons. The molecule has 0 aliphatic carbocycles. The molecular weight excluding hydrogens is 316 g/mol. The summed E-state index contributed by atoms with van der Waals surface area (Å²) in [7, 11) is 2.03. The molecule has 1 rings (SSSR count).